The molecule has 1 heterocycles. The van der Waals surface area contributed by atoms with E-state index in [-0.39, 0.29) is 10.8 Å². The van der Waals surface area contributed by atoms with E-state index >= 15 is 0 Å². The third-order valence-corrected chi connectivity index (χ3v) is 5.10. The average Bonchev–Trinajstić information content (AvgIpc) is 3.01. The summed E-state index contributed by atoms with van der Waals surface area (Å²) in [4.78, 5) is 36.8. The number of thiophene rings is 1. The van der Waals surface area contributed by atoms with E-state index in [1.807, 2.05) is 5.32 Å². The number of nitrogens with one attached hydrogen (secondary N) is 2. The van der Waals surface area contributed by atoms with Crippen molar-refractivity contribution in [1.82, 2.24) is 0 Å². The van der Waals surface area contributed by atoms with E-state index in [0.717, 1.165) is 17.4 Å². The number of hydrogen-bond donors (Lipinski definition) is 2. The molecule has 1 aromatic carbocycles. The lowest BCUT2D eigenvalue weighted by atomic mass is 9.96. The molecule has 162 valence electrons. The maximum Gasteiger partial charge on any atom is 0.349 e. The number of carbonyl (C=O) groups is 3. The minimum Gasteiger partial charge on any atom is -0.448 e. The molecular formula is C20H21F3N2O4S. The zero-order valence-corrected chi connectivity index (χ0v) is 17.8. The lowest BCUT2D eigenvalue weighted by molar-refractivity contribution is -0.124. The molecule has 0 radical (unpaired) electrons. The van der Waals surface area contributed by atoms with Gasteiger partial charge in [-0.2, -0.15) is 0 Å². The van der Waals surface area contributed by atoms with Crippen LogP contribution < -0.4 is 10.6 Å². The second-order valence-electron chi connectivity index (χ2n) is 7.59. The van der Waals surface area contributed by atoms with Crippen molar-refractivity contribution in [2.45, 2.75) is 40.7 Å². The molecular weight excluding hydrogens is 421 g/mol. The van der Waals surface area contributed by atoms with Crippen LogP contribution in [0.25, 0.3) is 0 Å². The molecule has 2 N–H and O–H groups in total. The van der Waals surface area contributed by atoms with Crippen molar-refractivity contribution in [1.29, 1.82) is 0 Å². The Balaban J connectivity index is 2.06. The highest BCUT2D eigenvalue weighted by Crippen LogP contribution is 2.29. The van der Waals surface area contributed by atoms with Gasteiger partial charge in [-0.3, -0.25) is 9.59 Å². The van der Waals surface area contributed by atoms with Crippen LogP contribution in [0.5, 0.6) is 0 Å². The van der Waals surface area contributed by atoms with Gasteiger partial charge in [-0.25, -0.2) is 18.0 Å². The Labute approximate surface area is 175 Å². The van der Waals surface area contributed by atoms with Gasteiger partial charge in [-0.15, -0.1) is 11.3 Å². The number of rotatable bonds is 5. The van der Waals surface area contributed by atoms with Gasteiger partial charge in [-0.05, 0) is 37.6 Å². The normalized spacial score (nSPS) is 12.3. The van der Waals surface area contributed by atoms with Crippen molar-refractivity contribution in [3.05, 3.63) is 46.1 Å². The van der Waals surface area contributed by atoms with E-state index in [9.17, 15) is 27.6 Å². The number of anilines is 2. The van der Waals surface area contributed by atoms with E-state index < -0.39 is 46.5 Å². The first-order chi connectivity index (χ1) is 13.8. The van der Waals surface area contributed by atoms with Crippen LogP contribution in [0, 0.1) is 29.8 Å². The van der Waals surface area contributed by atoms with Crippen molar-refractivity contribution in [2.24, 2.45) is 5.41 Å². The Morgan fingerprint density at radius 1 is 1.07 bits per heavy atom. The summed E-state index contributed by atoms with van der Waals surface area (Å²) in [7, 11) is 0. The molecule has 0 aliphatic carbocycles. The molecule has 2 aromatic rings. The molecule has 0 aliphatic rings. The quantitative estimate of drug-likeness (QED) is 0.522. The molecule has 0 saturated heterocycles. The van der Waals surface area contributed by atoms with Crippen LogP contribution in [-0.2, 0) is 14.3 Å². The van der Waals surface area contributed by atoms with E-state index in [0.29, 0.717) is 16.6 Å². The Morgan fingerprint density at radius 2 is 1.70 bits per heavy atom. The average molecular weight is 442 g/mol. The largest absolute Gasteiger partial charge is 0.448 e. The van der Waals surface area contributed by atoms with E-state index in [4.69, 9.17) is 4.74 Å². The van der Waals surface area contributed by atoms with Crippen molar-refractivity contribution in [3.8, 4) is 0 Å². The van der Waals surface area contributed by atoms with E-state index in [2.05, 4.69) is 5.32 Å². The number of carbonyl (C=O) groups excluding carboxylic acids is 3. The number of aryl methyl sites for hydroxylation is 1. The van der Waals surface area contributed by atoms with Gasteiger partial charge >= 0.3 is 5.97 Å². The van der Waals surface area contributed by atoms with Gasteiger partial charge in [0, 0.05) is 5.41 Å². The highest BCUT2D eigenvalue weighted by Gasteiger charge is 2.26. The summed E-state index contributed by atoms with van der Waals surface area (Å²) in [5, 5.41) is 5.20. The van der Waals surface area contributed by atoms with E-state index in [1.54, 1.807) is 33.8 Å². The Hall–Kier alpha value is -2.88. The monoisotopic (exact) mass is 442 g/mol. The van der Waals surface area contributed by atoms with Gasteiger partial charge in [-0.1, -0.05) is 20.8 Å². The first-order valence-corrected chi connectivity index (χ1v) is 9.70. The zero-order chi connectivity index (χ0) is 22.8. The maximum absolute atomic E-state index is 13.7. The first kappa shape index (κ1) is 23.4. The summed E-state index contributed by atoms with van der Waals surface area (Å²) >= 11 is 0.986. The highest BCUT2D eigenvalue weighted by atomic mass is 32.1. The fraction of sp³-hybridized carbons (Fsp3) is 0.350. The summed E-state index contributed by atoms with van der Waals surface area (Å²) in [6.45, 7) is 8.12. The summed E-state index contributed by atoms with van der Waals surface area (Å²) in [6, 6.07) is 3.12. The Kier molecular flexibility index (Phi) is 6.91. The summed E-state index contributed by atoms with van der Waals surface area (Å²) in [5.74, 6) is -6.66. The zero-order valence-electron chi connectivity index (χ0n) is 17.0. The van der Waals surface area contributed by atoms with Crippen LogP contribution >= 0.6 is 11.3 Å². The van der Waals surface area contributed by atoms with Crippen molar-refractivity contribution < 1.29 is 32.3 Å². The maximum atomic E-state index is 13.7. The van der Waals surface area contributed by atoms with Crippen LogP contribution in [0.15, 0.2) is 18.2 Å². The number of esters is 1. The standard InChI is InChI=1S/C20H21F3N2O4S/c1-9-8-13(25-19(28)20(3,4)5)30-16(9)18(27)29-10(2)17(26)24-12-7-6-11(21)14(22)15(12)23/h6-8,10H,1-5H3,(H,24,26)(H,25,28). The molecule has 30 heavy (non-hydrogen) atoms. The van der Waals surface area contributed by atoms with Crippen molar-refractivity contribution >= 4 is 39.8 Å². The Bertz CT molecular complexity index is 999. The molecule has 0 fully saturated rings. The minimum absolute atomic E-state index is 0.179. The minimum atomic E-state index is -1.73. The third-order valence-electron chi connectivity index (χ3n) is 3.97. The second-order valence-corrected chi connectivity index (χ2v) is 8.64. The highest BCUT2D eigenvalue weighted by molar-refractivity contribution is 7.18. The molecule has 2 rings (SSSR count). The van der Waals surface area contributed by atoms with Crippen LogP contribution in [0.2, 0.25) is 0 Å². The molecule has 6 nitrogen and oxygen atoms in total. The molecule has 1 aromatic heterocycles. The van der Waals surface area contributed by atoms with Crippen LogP contribution in [0.4, 0.5) is 23.9 Å². The molecule has 0 saturated carbocycles. The number of amides is 2. The van der Waals surface area contributed by atoms with Crippen molar-refractivity contribution in [2.75, 3.05) is 10.6 Å². The fourth-order valence-electron chi connectivity index (χ4n) is 2.17. The van der Waals surface area contributed by atoms with Gasteiger partial charge in [0.15, 0.2) is 23.6 Å². The van der Waals surface area contributed by atoms with E-state index in [1.165, 1.54) is 6.92 Å². The summed E-state index contributed by atoms with van der Waals surface area (Å²) in [6.07, 6.45) is -1.35. The van der Waals surface area contributed by atoms with Crippen LogP contribution in [-0.4, -0.2) is 23.9 Å². The number of benzene rings is 1. The van der Waals surface area contributed by atoms with Crippen LogP contribution in [0.1, 0.15) is 42.9 Å². The lowest BCUT2D eigenvalue weighted by Gasteiger charge is -2.16. The summed E-state index contributed by atoms with van der Waals surface area (Å²) < 4.78 is 45.0. The molecule has 0 aliphatic heterocycles. The predicted molar refractivity (Wildman–Crippen MR) is 107 cm³/mol. The third kappa shape index (κ3) is 5.38. The smallest absolute Gasteiger partial charge is 0.349 e. The number of halogens is 3. The fourth-order valence-corrected chi connectivity index (χ4v) is 3.12. The number of ether oxygens (including phenoxy) is 1. The predicted octanol–water partition coefficient (Wildman–Crippen LogP) is 4.64. The van der Waals surface area contributed by atoms with Gasteiger partial charge in [0.2, 0.25) is 5.91 Å². The molecule has 0 bridgehead atoms. The van der Waals surface area contributed by atoms with Gasteiger partial charge in [0.25, 0.3) is 5.91 Å². The lowest BCUT2D eigenvalue weighted by Crippen LogP contribution is -2.30. The molecule has 0 spiro atoms. The molecule has 2 amide bonds. The topological polar surface area (TPSA) is 84.5 Å². The van der Waals surface area contributed by atoms with Gasteiger partial charge in [0.1, 0.15) is 4.88 Å². The molecule has 1 atom stereocenters. The summed E-state index contributed by atoms with van der Waals surface area (Å²) in [5.41, 5.74) is -0.671. The van der Waals surface area contributed by atoms with Gasteiger partial charge < -0.3 is 15.4 Å². The van der Waals surface area contributed by atoms with Crippen molar-refractivity contribution in [3.63, 3.8) is 0 Å². The van der Waals surface area contributed by atoms with Gasteiger partial charge in [0.05, 0.1) is 10.7 Å². The SMILES string of the molecule is Cc1cc(NC(=O)C(C)(C)C)sc1C(=O)OC(C)C(=O)Nc1ccc(F)c(F)c1F. The molecule has 10 heteroatoms. The second kappa shape index (κ2) is 8.86. The van der Waals surface area contributed by atoms with Crippen LogP contribution in [0.3, 0.4) is 0 Å². The first-order valence-electron chi connectivity index (χ1n) is 8.88. The number of hydrogen-bond acceptors (Lipinski definition) is 5. The Morgan fingerprint density at radius 3 is 2.30 bits per heavy atom. The molecule has 1 unspecified atom stereocenters.